The Balaban J connectivity index is 2.54. The third-order valence-electron chi connectivity index (χ3n) is 2.17. The summed E-state index contributed by atoms with van der Waals surface area (Å²) in [6, 6.07) is 9.52. The predicted molar refractivity (Wildman–Crippen MR) is 70.4 cm³/mol. The minimum absolute atomic E-state index is 0.315. The summed E-state index contributed by atoms with van der Waals surface area (Å²) in [5.74, 6) is -0.315. The molecule has 0 spiro atoms. The lowest BCUT2D eigenvalue weighted by molar-refractivity contribution is 0.0525. The average molecular weight is 327 g/mol. The lowest BCUT2D eigenvalue weighted by atomic mass is 10.1. The van der Waals surface area contributed by atoms with Gasteiger partial charge in [-0.05, 0) is 41.6 Å². The molecule has 1 heterocycles. The van der Waals surface area contributed by atoms with E-state index in [1.807, 2.05) is 30.3 Å². The van der Waals surface area contributed by atoms with Gasteiger partial charge in [-0.25, -0.2) is 9.78 Å². The lowest BCUT2D eigenvalue weighted by Gasteiger charge is -2.05. The van der Waals surface area contributed by atoms with Gasteiger partial charge in [0.05, 0.1) is 17.7 Å². The fraction of sp³-hybridized carbons (Fsp3) is 0.167. The summed E-state index contributed by atoms with van der Waals surface area (Å²) in [6.45, 7) is 2.17. The van der Waals surface area contributed by atoms with Gasteiger partial charge in [-0.15, -0.1) is 0 Å². The van der Waals surface area contributed by atoms with Crippen molar-refractivity contribution in [3.63, 3.8) is 0 Å². The normalized spacial score (nSPS) is 10.4. The zero-order valence-electron chi connectivity index (χ0n) is 8.74. The Hall–Kier alpha value is -1.17. The van der Waals surface area contributed by atoms with Gasteiger partial charge >= 0.3 is 5.97 Å². The minimum Gasteiger partial charge on any atom is -0.462 e. The maximum absolute atomic E-state index is 11.6. The smallest absolute Gasteiger partial charge is 0.340 e. The number of carbonyl (C=O) groups is 1. The van der Waals surface area contributed by atoms with E-state index in [-0.39, 0.29) is 5.97 Å². The first-order valence-electron chi connectivity index (χ1n) is 4.94. The monoisotopic (exact) mass is 327 g/mol. The van der Waals surface area contributed by atoms with Crippen molar-refractivity contribution in [3.05, 3.63) is 39.6 Å². The van der Waals surface area contributed by atoms with Crippen LogP contribution in [0.25, 0.3) is 10.9 Å². The van der Waals surface area contributed by atoms with E-state index in [1.54, 1.807) is 6.92 Å². The van der Waals surface area contributed by atoms with Gasteiger partial charge in [0.15, 0.2) is 0 Å². The number of hydrogen-bond acceptors (Lipinski definition) is 3. The molecule has 0 aliphatic carbocycles. The van der Waals surface area contributed by atoms with Crippen molar-refractivity contribution in [3.8, 4) is 0 Å². The minimum atomic E-state index is -0.315. The molecule has 0 saturated carbocycles. The number of fused-ring (bicyclic) bond motifs is 1. The number of ether oxygens (including phenoxy) is 1. The van der Waals surface area contributed by atoms with Crippen molar-refractivity contribution in [1.29, 1.82) is 0 Å². The number of para-hydroxylation sites is 1. The van der Waals surface area contributed by atoms with Crippen LogP contribution in [0.15, 0.2) is 30.3 Å². The van der Waals surface area contributed by atoms with Crippen LogP contribution in [0.2, 0.25) is 0 Å². The number of pyridine rings is 1. The quantitative estimate of drug-likeness (QED) is 0.484. The van der Waals surface area contributed by atoms with Crippen molar-refractivity contribution >= 4 is 39.5 Å². The van der Waals surface area contributed by atoms with E-state index in [0.29, 0.717) is 15.9 Å². The number of halogens is 1. The molecule has 2 rings (SSSR count). The summed E-state index contributed by atoms with van der Waals surface area (Å²) in [5.41, 5.74) is 1.42. The predicted octanol–water partition coefficient (Wildman–Crippen LogP) is 3.02. The highest BCUT2D eigenvalue weighted by molar-refractivity contribution is 14.1. The molecule has 0 amide bonds. The highest BCUT2D eigenvalue weighted by Crippen LogP contribution is 2.18. The second kappa shape index (κ2) is 4.78. The largest absolute Gasteiger partial charge is 0.462 e. The van der Waals surface area contributed by atoms with Crippen molar-refractivity contribution in [2.75, 3.05) is 6.61 Å². The number of benzene rings is 1. The topological polar surface area (TPSA) is 39.2 Å². The van der Waals surface area contributed by atoms with E-state index in [0.717, 1.165) is 10.9 Å². The van der Waals surface area contributed by atoms with E-state index in [9.17, 15) is 4.79 Å². The van der Waals surface area contributed by atoms with Crippen LogP contribution in [-0.2, 0) is 4.74 Å². The Bertz CT molecular complexity index is 540. The molecule has 1 aromatic heterocycles. The summed E-state index contributed by atoms with van der Waals surface area (Å²) in [7, 11) is 0. The highest BCUT2D eigenvalue weighted by atomic mass is 127. The van der Waals surface area contributed by atoms with Gasteiger partial charge in [-0.1, -0.05) is 18.2 Å². The van der Waals surface area contributed by atoms with Crippen LogP contribution in [-0.4, -0.2) is 17.6 Å². The third-order valence-corrected chi connectivity index (χ3v) is 3.00. The number of hydrogen-bond donors (Lipinski definition) is 0. The molecule has 82 valence electrons. The molecule has 0 fully saturated rings. The van der Waals surface area contributed by atoms with Crippen LogP contribution in [0, 0.1) is 3.70 Å². The van der Waals surface area contributed by atoms with E-state index >= 15 is 0 Å². The third kappa shape index (κ3) is 2.16. The number of nitrogens with zero attached hydrogens (tertiary/aromatic N) is 1. The summed E-state index contributed by atoms with van der Waals surface area (Å²) in [4.78, 5) is 16.0. The molecule has 0 aliphatic heterocycles. The highest BCUT2D eigenvalue weighted by Gasteiger charge is 2.13. The molecule has 0 radical (unpaired) electrons. The van der Waals surface area contributed by atoms with Crippen molar-refractivity contribution in [1.82, 2.24) is 4.98 Å². The van der Waals surface area contributed by atoms with Crippen LogP contribution in [0.5, 0.6) is 0 Å². The molecule has 1 aromatic carbocycles. The molecule has 4 heteroatoms. The lowest BCUT2D eigenvalue weighted by Crippen LogP contribution is -2.07. The number of esters is 1. The summed E-state index contributed by atoms with van der Waals surface area (Å²) in [5, 5.41) is 0.950. The Morgan fingerprint density at radius 1 is 1.44 bits per heavy atom. The SMILES string of the molecule is CCOC(=O)c1cc2ccccc2nc1I. The van der Waals surface area contributed by atoms with Gasteiger partial charge in [0.1, 0.15) is 3.70 Å². The molecule has 0 bridgehead atoms. The Kier molecular flexibility index (Phi) is 3.38. The average Bonchev–Trinajstić information content (AvgIpc) is 2.28. The fourth-order valence-corrected chi connectivity index (χ4v) is 2.08. The van der Waals surface area contributed by atoms with Crippen LogP contribution in [0.3, 0.4) is 0 Å². The van der Waals surface area contributed by atoms with Gasteiger partial charge in [-0.3, -0.25) is 0 Å². The maximum atomic E-state index is 11.6. The van der Waals surface area contributed by atoms with E-state index in [2.05, 4.69) is 27.6 Å². The van der Waals surface area contributed by atoms with Crippen LogP contribution < -0.4 is 0 Å². The maximum Gasteiger partial charge on any atom is 0.340 e. The molecule has 3 nitrogen and oxygen atoms in total. The first-order valence-corrected chi connectivity index (χ1v) is 6.02. The summed E-state index contributed by atoms with van der Waals surface area (Å²) in [6.07, 6.45) is 0. The van der Waals surface area contributed by atoms with Gasteiger partial charge in [0.25, 0.3) is 0 Å². The van der Waals surface area contributed by atoms with Crippen molar-refractivity contribution in [2.45, 2.75) is 6.92 Å². The van der Waals surface area contributed by atoms with Gasteiger partial charge < -0.3 is 4.74 Å². The molecular weight excluding hydrogens is 317 g/mol. The second-order valence-corrected chi connectivity index (χ2v) is 4.26. The molecule has 0 aliphatic rings. The zero-order chi connectivity index (χ0) is 11.5. The molecule has 0 atom stereocenters. The zero-order valence-corrected chi connectivity index (χ0v) is 10.9. The Morgan fingerprint density at radius 2 is 2.19 bits per heavy atom. The van der Waals surface area contributed by atoms with Crippen molar-refractivity contribution < 1.29 is 9.53 Å². The van der Waals surface area contributed by atoms with Gasteiger partial charge in [0.2, 0.25) is 0 Å². The molecular formula is C12H10INO2. The van der Waals surface area contributed by atoms with E-state index in [4.69, 9.17) is 4.74 Å². The van der Waals surface area contributed by atoms with E-state index in [1.165, 1.54) is 0 Å². The molecule has 0 saturated heterocycles. The van der Waals surface area contributed by atoms with Crippen LogP contribution in [0.1, 0.15) is 17.3 Å². The molecule has 16 heavy (non-hydrogen) atoms. The molecule has 2 aromatic rings. The van der Waals surface area contributed by atoms with E-state index < -0.39 is 0 Å². The summed E-state index contributed by atoms with van der Waals surface area (Å²) < 4.78 is 5.65. The standard InChI is InChI=1S/C12H10INO2/c1-2-16-12(15)9-7-8-5-3-4-6-10(8)14-11(9)13/h3-7H,2H2,1H3. The number of carbonyl (C=O) groups excluding carboxylic acids is 1. The second-order valence-electron chi connectivity index (χ2n) is 3.24. The van der Waals surface area contributed by atoms with Crippen LogP contribution in [0.4, 0.5) is 0 Å². The first-order chi connectivity index (χ1) is 7.72. The van der Waals surface area contributed by atoms with Gasteiger partial charge in [0, 0.05) is 5.39 Å². The Morgan fingerprint density at radius 3 is 2.94 bits per heavy atom. The molecule has 0 unspecified atom stereocenters. The summed E-state index contributed by atoms with van der Waals surface area (Å²) >= 11 is 2.05. The number of rotatable bonds is 2. The van der Waals surface area contributed by atoms with Crippen molar-refractivity contribution in [2.24, 2.45) is 0 Å². The van der Waals surface area contributed by atoms with Gasteiger partial charge in [-0.2, -0.15) is 0 Å². The van der Waals surface area contributed by atoms with Crippen LogP contribution >= 0.6 is 22.6 Å². The Labute approximate surface area is 107 Å². The fourth-order valence-electron chi connectivity index (χ4n) is 1.44. The molecule has 0 N–H and O–H groups in total. The number of aromatic nitrogens is 1. The first kappa shape index (κ1) is 11.3.